The van der Waals surface area contributed by atoms with Gasteiger partial charge in [0.15, 0.2) is 15.1 Å². The minimum atomic E-state index is -0.777. The van der Waals surface area contributed by atoms with Gasteiger partial charge in [0, 0.05) is 36.1 Å². The van der Waals surface area contributed by atoms with Crippen LogP contribution in [-0.2, 0) is 4.79 Å². The molecule has 0 saturated carbocycles. The second-order valence-electron chi connectivity index (χ2n) is 9.86. The zero-order chi connectivity index (χ0) is 30.8. The Hall–Kier alpha value is -4.16. The van der Waals surface area contributed by atoms with Crippen LogP contribution in [-0.4, -0.2) is 52.7 Å². The molecule has 10 nitrogen and oxygen atoms in total. The lowest BCUT2D eigenvalue weighted by atomic mass is 9.93. The van der Waals surface area contributed by atoms with Crippen molar-refractivity contribution in [2.24, 2.45) is 4.99 Å². The van der Waals surface area contributed by atoms with Gasteiger partial charge in [-0.05, 0) is 82.8 Å². The molecule has 1 aliphatic rings. The first kappa shape index (κ1) is 30.3. The average molecular weight is 620 g/mol. The molecule has 0 fully saturated rings. The van der Waals surface area contributed by atoms with Crippen molar-refractivity contribution in [1.29, 1.82) is 0 Å². The van der Waals surface area contributed by atoms with E-state index in [4.69, 9.17) is 18.9 Å². The fourth-order valence-corrected chi connectivity index (χ4v) is 6.91. The summed E-state index contributed by atoms with van der Waals surface area (Å²) < 4.78 is 19.2. The molecule has 0 spiro atoms. The second kappa shape index (κ2) is 12.6. The van der Waals surface area contributed by atoms with E-state index in [0.29, 0.717) is 66.8 Å². The summed E-state index contributed by atoms with van der Waals surface area (Å²) >= 11 is 2.55. The molecule has 0 N–H and O–H groups in total. The summed E-state index contributed by atoms with van der Waals surface area (Å²) in [5.74, 6) is 1.43. The molecule has 1 amide bonds. The average Bonchev–Trinajstić information content (AvgIpc) is 3.54. The Morgan fingerprint density at radius 3 is 2.44 bits per heavy atom. The number of methoxy groups -OCH3 is 2. The second-order valence-corrected chi connectivity index (χ2v) is 11.8. The molecule has 3 aromatic heterocycles. The van der Waals surface area contributed by atoms with Crippen molar-refractivity contribution >= 4 is 35.1 Å². The lowest BCUT2D eigenvalue weighted by Gasteiger charge is -2.30. The van der Waals surface area contributed by atoms with Crippen molar-refractivity contribution in [1.82, 2.24) is 19.4 Å². The number of aryl methyl sites for hydroxylation is 2. The monoisotopic (exact) mass is 619 g/mol. The van der Waals surface area contributed by atoms with Gasteiger partial charge >= 0.3 is 0 Å². The van der Waals surface area contributed by atoms with Gasteiger partial charge in [-0.15, -0.1) is 0 Å². The van der Waals surface area contributed by atoms with E-state index in [1.54, 1.807) is 61.0 Å². The van der Waals surface area contributed by atoms with Crippen molar-refractivity contribution < 1.29 is 18.7 Å². The summed E-state index contributed by atoms with van der Waals surface area (Å²) in [5.41, 5.74) is 3.05. The highest BCUT2D eigenvalue weighted by Crippen LogP contribution is 2.38. The molecule has 4 heterocycles. The van der Waals surface area contributed by atoms with Crippen LogP contribution in [0.3, 0.4) is 0 Å². The van der Waals surface area contributed by atoms with Crippen LogP contribution in [0.2, 0.25) is 0 Å². The van der Waals surface area contributed by atoms with Crippen LogP contribution in [0.5, 0.6) is 11.5 Å². The summed E-state index contributed by atoms with van der Waals surface area (Å²) in [5, 5.41) is 1.19. The summed E-state index contributed by atoms with van der Waals surface area (Å²) in [6.07, 6.45) is 1.70. The number of carbonyl (C=O) groups excluding carboxylic acids is 1. The predicted octanol–water partition coefficient (Wildman–Crippen LogP) is 4.27. The van der Waals surface area contributed by atoms with Crippen molar-refractivity contribution in [3.05, 3.63) is 90.1 Å². The number of hydrogen-bond acceptors (Lipinski definition) is 10. The Balaban J connectivity index is 1.64. The summed E-state index contributed by atoms with van der Waals surface area (Å²) in [6, 6.07) is 10.1. The van der Waals surface area contributed by atoms with E-state index >= 15 is 0 Å². The lowest BCUT2D eigenvalue weighted by Crippen LogP contribution is -2.43. The van der Waals surface area contributed by atoms with Gasteiger partial charge in [-0.3, -0.25) is 14.2 Å². The van der Waals surface area contributed by atoms with Gasteiger partial charge in [-0.2, -0.15) is 0 Å². The number of benzene rings is 1. The van der Waals surface area contributed by atoms with Crippen molar-refractivity contribution in [2.75, 3.05) is 27.3 Å². The quantitative estimate of drug-likeness (QED) is 0.256. The molecule has 4 aromatic rings. The zero-order valence-electron chi connectivity index (χ0n) is 25.1. The van der Waals surface area contributed by atoms with Crippen LogP contribution in [0, 0.1) is 13.8 Å². The van der Waals surface area contributed by atoms with E-state index in [2.05, 4.69) is 9.97 Å². The molecule has 1 aliphatic heterocycles. The predicted molar refractivity (Wildman–Crippen MR) is 166 cm³/mol. The number of nitrogens with zero attached hydrogens (tertiary/aromatic N) is 5. The third kappa shape index (κ3) is 6.02. The van der Waals surface area contributed by atoms with Gasteiger partial charge in [-0.1, -0.05) is 11.3 Å². The van der Waals surface area contributed by atoms with Gasteiger partial charge in [-0.25, -0.2) is 15.0 Å². The zero-order valence-corrected chi connectivity index (χ0v) is 26.8. The summed E-state index contributed by atoms with van der Waals surface area (Å²) in [7, 11) is 3.13. The Morgan fingerprint density at radius 1 is 1.07 bits per heavy atom. The Kier molecular flexibility index (Phi) is 8.88. The van der Waals surface area contributed by atoms with E-state index in [1.807, 2.05) is 39.8 Å². The number of rotatable bonds is 9. The third-order valence-electron chi connectivity index (χ3n) is 7.06. The number of furan rings is 1. The maximum atomic E-state index is 14.1. The van der Waals surface area contributed by atoms with Gasteiger partial charge in [0.05, 0.1) is 30.0 Å². The highest BCUT2D eigenvalue weighted by molar-refractivity contribution is 7.99. The number of amides is 1. The minimum Gasteiger partial charge on any atom is -0.497 e. The van der Waals surface area contributed by atoms with Gasteiger partial charge in [0.25, 0.3) is 11.5 Å². The van der Waals surface area contributed by atoms with Crippen LogP contribution < -0.4 is 24.4 Å². The SMILES string of the molecule is CCN(CC)C(=O)C1=C(C)N=c2s/c(=C\c3ccc(Sc4nc(C)cc(C)n4)o3)c(=O)n2[C@@H]1c1cc(OC)ccc1OC. The first-order valence-corrected chi connectivity index (χ1v) is 15.4. The van der Waals surface area contributed by atoms with E-state index in [1.165, 1.54) is 23.1 Å². The molecule has 1 aromatic carbocycles. The van der Waals surface area contributed by atoms with Gasteiger partial charge < -0.3 is 18.8 Å². The highest BCUT2D eigenvalue weighted by Gasteiger charge is 2.36. The topological polar surface area (TPSA) is 112 Å². The maximum absolute atomic E-state index is 14.1. The fourth-order valence-electron chi connectivity index (χ4n) is 5.05. The first-order chi connectivity index (χ1) is 20.7. The number of hydrogen-bond donors (Lipinski definition) is 0. The van der Waals surface area contributed by atoms with Crippen molar-refractivity contribution in [2.45, 2.75) is 50.9 Å². The van der Waals surface area contributed by atoms with Crippen molar-refractivity contribution in [3.8, 4) is 11.5 Å². The number of carbonyl (C=O) groups is 1. The van der Waals surface area contributed by atoms with Gasteiger partial charge in [0.1, 0.15) is 23.3 Å². The number of thiazole rings is 1. The normalized spacial score (nSPS) is 14.9. The Morgan fingerprint density at radius 2 is 1.79 bits per heavy atom. The third-order valence-corrected chi connectivity index (χ3v) is 8.83. The number of likely N-dealkylation sites (N-methyl/N-ethyl adjacent to an activating group) is 1. The molecule has 1 atom stereocenters. The molecule has 0 radical (unpaired) electrons. The molecule has 224 valence electrons. The highest BCUT2D eigenvalue weighted by atomic mass is 32.2. The Labute approximate surface area is 257 Å². The molecule has 0 saturated heterocycles. The number of fused-ring (bicyclic) bond motifs is 1. The Bertz CT molecular complexity index is 1880. The van der Waals surface area contributed by atoms with Crippen LogP contribution in [0.25, 0.3) is 6.08 Å². The van der Waals surface area contributed by atoms with Crippen molar-refractivity contribution in [3.63, 3.8) is 0 Å². The van der Waals surface area contributed by atoms with Crippen LogP contribution in [0.1, 0.15) is 49.5 Å². The number of allylic oxidation sites excluding steroid dienone is 1. The molecule has 0 aliphatic carbocycles. The number of aromatic nitrogens is 3. The summed E-state index contributed by atoms with van der Waals surface area (Å²) in [6.45, 7) is 10.5. The largest absolute Gasteiger partial charge is 0.497 e. The van der Waals surface area contributed by atoms with E-state index in [-0.39, 0.29) is 11.5 Å². The molecule has 5 rings (SSSR count). The molecule has 0 bridgehead atoms. The lowest BCUT2D eigenvalue weighted by molar-refractivity contribution is -0.127. The molecular weight excluding hydrogens is 587 g/mol. The maximum Gasteiger partial charge on any atom is 0.271 e. The van der Waals surface area contributed by atoms with Gasteiger partial charge in [0.2, 0.25) is 0 Å². The van der Waals surface area contributed by atoms with E-state index in [9.17, 15) is 9.59 Å². The fraction of sp³-hybridized carbons (Fsp3) is 0.323. The standard InChI is InChI=1S/C31H33N5O5S2/c1-8-35(9-2)29(38)26-19(5)34-31-36(27(26)22-15-20(39-6)10-12-23(22)40-7)28(37)24(42-31)16-21-11-13-25(41-21)43-30-32-17(3)14-18(4)33-30/h10-16,27H,8-9H2,1-7H3/b24-16-/t27-/m1/s1. The summed E-state index contributed by atoms with van der Waals surface area (Å²) in [4.78, 5) is 43.9. The van der Waals surface area contributed by atoms with E-state index < -0.39 is 6.04 Å². The molecule has 0 unspecified atom stereocenters. The molecule has 12 heteroatoms. The number of ether oxygens (including phenoxy) is 2. The minimum absolute atomic E-state index is 0.184. The van der Waals surface area contributed by atoms with Crippen LogP contribution >= 0.6 is 23.1 Å². The van der Waals surface area contributed by atoms with Crippen LogP contribution in [0.4, 0.5) is 0 Å². The van der Waals surface area contributed by atoms with Crippen LogP contribution in [0.15, 0.2) is 72.1 Å². The molecule has 43 heavy (non-hydrogen) atoms. The first-order valence-electron chi connectivity index (χ1n) is 13.8. The van der Waals surface area contributed by atoms with E-state index in [0.717, 1.165) is 11.4 Å². The molecular formula is C31H33N5O5S2. The smallest absolute Gasteiger partial charge is 0.271 e.